The van der Waals surface area contributed by atoms with Crippen molar-refractivity contribution < 1.29 is 9.59 Å². The van der Waals surface area contributed by atoms with Gasteiger partial charge in [-0.2, -0.15) is 0 Å². The lowest BCUT2D eigenvalue weighted by molar-refractivity contribution is -0.116. The molecule has 4 heteroatoms. The zero-order valence-corrected chi connectivity index (χ0v) is 12.7. The van der Waals surface area contributed by atoms with Gasteiger partial charge in [0, 0.05) is 17.8 Å². The minimum atomic E-state index is -0.171. The van der Waals surface area contributed by atoms with E-state index in [4.69, 9.17) is 0 Å². The first-order valence-electron chi connectivity index (χ1n) is 7.29. The Hall–Kier alpha value is -2.62. The molecule has 1 heterocycles. The summed E-state index contributed by atoms with van der Waals surface area (Å²) in [5, 5.41) is 2.89. The van der Waals surface area contributed by atoms with E-state index in [0.717, 1.165) is 22.4 Å². The van der Waals surface area contributed by atoms with Crippen molar-refractivity contribution >= 4 is 17.5 Å². The first-order valence-corrected chi connectivity index (χ1v) is 7.29. The highest BCUT2D eigenvalue weighted by Gasteiger charge is 2.28. The number of hydrogen-bond donors (Lipinski definition) is 1. The molecule has 0 atom stereocenters. The van der Waals surface area contributed by atoms with Crippen LogP contribution in [-0.2, 0) is 11.3 Å². The standard InChI is InChI=1S/C18H18N2O2/c1-12-7-8-13(2)16(9-12)19-17(21)11-20-10-14-5-3-4-6-15(14)18(20)22/h3-9H,10-11H2,1-2H3,(H,19,21). The van der Waals surface area contributed by atoms with E-state index >= 15 is 0 Å². The van der Waals surface area contributed by atoms with E-state index in [2.05, 4.69) is 5.32 Å². The van der Waals surface area contributed by atoms with Gasteiger partial charge in [0.05, 0.1) is 0 Å². The fourth-order valence-electron chi connectivity index (χ4n) is 2.68. The van der Waals surface area contributed by atoms with Gasteiger partial charge in [-0.1, -0.05) is 30.3 Å². The minimum absolute atomic E-state index is 0.0703. The van der Waals surface area contributed by atoms with Crippen LogP contribution in [0.15, 0.2) is 42.5 Å². The summed E-state index contributed by atoms with van der Waals surface area (Å²) in [6.45, 7) is 4.50. The molecule has 1 aliphatic heterocycles. The first kappa shape index (κ1) is 14.3. The van der Waals surface area contributed by atoms with Gasteiger partial charge >= 0.3 is 0 Å². The Balaban J connectivity index is 1.69. The molecule has 0 aliphatic carbocycles. The lowest BCUT2D eigenvalue weighted by atomic mass is 10.1. The van der Waals surface area contributed by atoms with Crippen molar-refractivity contribution in [1.29, 1.82) is 0 Å². The number of nitrogens with zero attached hydrogens (tertiary/aromatic N) is 1. The van der Waals surface area contributed by atoms with Gasteiger partial charge in [0.25, 0.3) is 5.91 Å². The molecule has 0 aromatic heterocycles. The fraction of sp³-hybridized carbons (Fsp3) is 0.222. The summed E-state index contributed by atoms with van der Waals surface area (Å²) in [6, 6.07) is 13.4. The summed E-state index contributed by atoms with van der Waals surface area (Å²) in [5.41, 5.74) is 4.57. The van der Waals surface area contributed by atoms with Crippen LogP contribution in [0.2, 0.25) is 0 Å². The van der Waals surface area contributed by atoms with E-state index in [1.165, 1.54) is 0 Å². The number of benzene rings is 2. The summed E-state index contributed by atoms with van der Waals surface area (Å²) in [4.78, 5) is 26.0. The van der Waals surface area contributed by atoms with Crippen molar-refractivity contribution in [2.75, 3.05) is 11.9 Å². The van der Waals surface area contributed by atoms with Crippen molar-refractivity contribution in [3.63, 3.8) is 0 Å². The largest absolute Gasteiger partial charge is 0.325 e. The number of amides is 2. The van der Waals surface area contributed by atoms with Crippen molar-refractivity contribution in [3.05, 3.63) is 64.7 Å². The van der Waals surface area contributed by atoms with E-state index in [1.807, 2.05) is 50.2 Å². The Labute approximate surface area is 129 Å². The number of rotatable bonds is 3. The molecule has 0 saturated carbocycles. The Morgan fingerprint density at radius 1 is 1.18 bits per heavy atom. The van der Waals surface area contributed by atoms with E-state index < -0.39 is 0 Å². The number of hydrogen-bond acceptors (Lipinski definition) is 2. The number of aryl methyl sites for hydroxylation is 2. The molecule has 0 radical (unpaired) electrons. The second kappa shape index (κ2) is 5.64. The Kier molecular flexibility index (Phi) is 3.67. The predicted octanol–water partition coefficient (Wildman–Crippen LogP) is 2.90. The second-order valence-electron chi connectivity index (χ2n) is 5.68. The summed E-state index contributed by atoms with van der Waals surface area (Å²) in [5.74, 6) is -0.249. The Bertz CT molecular complexity index is 753. The Morgan fingerprint density at radius 3 is 2.73 bits per heavy atom. The Morgan fingerprint density at radius 2 is 1.95 bits per heavy atom. The van der Waals surface area contributed by atoms with Crippen LogP contribution in [0.5, 0.6) is 0 Å². The molecule has 112 valence electrons. The molecule has 0 unspecified atom stereocenters. The van der Waals surface area contributed by atoms with Gasteiger partial charge in [-0.3, -0.25) is 9.59 Å². The highest BCUT2D eigenvalue weighted by molar-refractivity contribution is 6.02. The lowest BCUT2D eigenvalue weighted by Crippen LogP contribution is -2.33. The average Bonchev–Trinajstić information content (AvgIpc) is 2.80. The van der Waals surface area contributed by atoms with Crippen LogP contribution in [0, 0.1) is 13.8 Å². The van der Waals surface area contributed by atoms with E-state index in [1.54, 1.807) is 11.0 Å². The number of nitrogens with one attached hydrogen (secondary N) is 1. The number of anilines is 1. The topological polar surface area (TPSA) is 49.4 Å². The maximum atomic E-state index is 12.3. The molecule has 0 bridgehead atoms. The molecule has 1 N–H and O–H groups in total. The van der Waals surface area contributed by atoms with Crippen molar-refractivity contribution in [2.45, 2.75) is 20.4 Å². The van der Waals surface area contributed by atoms with Crippen molar-refractivity contribution in [3.8, 4) is 0 Å². The van der Waals surface area contributed by atoms with Crippen LogP contribution >= 0.6 is 0 Å². The molecule has 2 aromatic carbocycles. The van der Waals surface area contributed by atoms with E-state index in [9.17, 15) is 9.59 Å². The zero-order valence-electron chi connectivity index (χ0n) is 12.7. The SMILES string of the molecule is Cc1ccc(C)c(NC(=O)CN2Cc3ccccc3C2=O)c1. The van der Waals surface area contributed by atoms with Gasteiger partial charge in [0.15, 0.2) is 0 Å². The highest BCUT2D eigenvalue weighted by atomic mass is 16.2. The molecule has 0 saturated heterocycles. The van der Waals surface area contributed by atoms with Crippen molar-refractivity contribution in [2.24, 2.45) is 0 Å². The summed E-state index contributed by atoms with van der Waals surface area (Å²) in [6.07, 6.45) is 0. The molecule has 2 amide bonds. The maximum absolute atomic E-state index is 12.3. The third-order valence-corrected chi connectivity index (χ3v) is 3.90. The molecule has 1 aliphatic rings. The number of carbonyl (C=O) groups excluding carboxylic acids is 2. The van der Waals surface area contributed by atoms with Crippen LogP contribution in [-0.4, -0.2) is 23.3 Å². The van der Waals surface area contributed by atoms with E-state index in [0.29, 0.717) is 12.1 Å². The van der Waals surface area contributed by atoms with Gasteiger partial charge in [0.1, 0.15) is 6.54 Å². The summed E-state index contributed by atoms with van der Waals surface area (Å²) < 4.78 is 0. The smallest absolute Gasteiger partial charge is 0.254 e. The van der Waals surface area contributed by atoms with Gasteiger partial charge in [-0.15, -0.1) is 0 Å². The number of fused-ring (bicyclic) bond motifs is 1. The highest BCUT2D eigenvalue weighted by Crippen LogP contribution is 2.22. The predicted molar refractivity (Wildman–Crippen MR) is 85.7 cm³/mol. The molecular weight excluding hydrogens is 276 g/mol. The average molecular weight is 294 g/mol. The van der Waals surface area contributed by atoms with Crippen LogP contribution in [0.25, 0.3) is 0 Å². The molecule has 0 spiro atoms. The second-order valence-corrected chi connectivity index (χ2v) is 5.68. The minimum Gasteiger partial charge on any atom is -0.325 e. The van der Waals surface area contributed by atoms with Gasteiger partial charge < -0.3 is 10.2 Å². The first-order chi connectivity index (χ1) is 10.5. The summed E-state index contributed by atoms with van der Waals surface area (Å²) in [7, 11) is 0. The van der Waals surface area contributed by atoms with Gasteiger partial charge in [-0.05, 0) is 42.7 Å². The van der Waals surface area contributed by atoms with Gasteiger partial charge in [-0.25, -0.2) is 0 Å². The third-order valence-electron chi connectivity index (χ3n) is 3.90. The molecule has 2 aromatic rings. The monoisotopic (exact) mass is 294 g/mol. The normalized spacial score (nSPS) is 13.2. The fourth-order valence-corrected chi connectivity index (χ4v) is 2.68. The quantitative estimate of drug-likeness (QED) is 0.946. The molecule has 4 nitrogen and oxygen atoms in total. The van der Waals surface area contributed by atoms with Gasteiger partial charge in [0.2, 0.25) is 5.91 Å². The molecule has 22 heavy (non-hydrogen) atoms. The van der Waals surface area contributed by atoms with Crippen LogP contribution in [0.4, 0.5) is 5.69 Å². The van der Waals surface area contributed by atoms with Crippen LogP contribution < -0.4 is 5.32 Å². The number of carbonyl (C=O) groups is 2. The lowest BCUT2D eigenvalue weighted by Gasteiger charge is -2.16. The molecular formula is C18H18N2O2. The van der Waals surface area contributed by atoms with Crippen LogP contribution in [0.3, 0.4) is 0 Å². The third kappa shape index (κ3) is 2.72. The zero-order chi connectivity index (χ0) is 15.7. The van der Waals surface area contributed by atoms with Crippen LogP contribution in [0.1, 0.15) is 27.0 Å². The molecule has 3 rings (SSSR count). The van der Waals surface area contributed by atoms with E-state index in [-0.39, 0.29) is 18.4 Å². The summed E-state index contributed by atoms with van der Waals surface area (Å²) >= 11 is 0. The molecule has 0 fully saturated rings. The maximum Gasteiger partial charge on any atom is 0.254 e. The van der Waals surface area contributed by atoms with Crippen molar-refractivity contribution in [1.82, 2.24) is 4.90 Å².